The molecule has 0 aliphatic rings. The van der Waals surface area contributed by atoms with Gasteiger partial charge in [-0.3, -0.25) is 4.79 Å². The van der Waals surface area contributed by atoms with Crippen molar-refractivity contribution in [1.29, 1.82) is 0 Å². The molecule has 0 saturated heterocycles. The minimum atomic E-state index is -0.121. The van der Waals surface area contributed by atoms with E-state index in [4.69, 9.17) is 13.7 Å². The molecule has 3 aromatic rings. The molecule has 6 heteroatoms. The number of hydrogen-bond donors (Lipinski definition) is 1. The molecule has 2 heterocycles. The lowest BCUT2D eigenvalue weighted by Gasteiger charge is -2.07. The fraction of sp³-hybridized carbons (Fsp3) is 0.263. The highest BCUT2D eigenvalue weighted by molar-refractivity contribution is 5.94. The first-order valence-corrected chi connectivity index (χ1v) is 8.08. The summed E-state index contributed by atoms with van der Waals surface area (Å²) in [6.45, 7) is 4.65. The lowest BCUT2D eigenvalue weighted by atomic mass is 10.2. The summed E-state index contributed by atoms with van der Waals surface area (Å²) in [6.07, 6.45) is 2.29. The molecule has 130 valence electrons. The average Bonchev–Trinajstić information content (AvgIpc) is 3.24. The number of benzene rings is 1. The standard InChI is InChI=1S/C19H20N2O4/c1-13-18(14(2)25-21-13)12-24-17-7-5-15(6-8-17)19(22)20-10-9-16-4-3-11-23-16/h3-8,11H,9-10,12H2,1-2H3,(H,20,22). The number of hydrogen-bond acceptors (Lipinski definition) is 5. The molecule has 6 nitrogen and oxygen atoms in total. The van der Waals surface area contributed by atoms with Crippen molar-refractivity contribution in [3.8, 4) is 5.75 Å². The van der Waals surface area contributed by atoms with Crippen LogP contribution in [0.3, 0.4) is 0 Å². The van der Waals surface area contributed by atoms with E-state index in [0.29, 0.717) is 30.9 Å². The molecule has 2 aromatic heterocycles. The molecule has 0 atom stereocenters. The van der Waals surface area contributed by atoms with E-state index in [1.165, 1.54) is 0 Å². The van der Waals surface area contributed by atoms with Crippen LogP contribution in [0.4, 0.5) is 0 Å². The Hall–Kier alpha value is -3.02. The van der Waals surface area contributed by atoms with Crippen LogP contribution in [0.2, 0.25) is 0 Å². The second-order valence-electron chi connectivity index (χ2n) is 5.70. The summed E-state index contributed by atoms with van der Waals surface area (Å²) in [5.41, 5.74) is 2.36. The number of nitrogens with zero attached hydrogens (tertiary/aromatic N) is 1. The number of rotatable bonds is 7. The van der Waals surface area contributed by atoms with Crippen LogP contribution in [0.5, 0.6) is 5.75 Å². The number of carbonyl (C=O) groups is 1. The Kier molecular flexibility index (Phi) is 5.18. The first-order valence-electron chi connectivity index (χ1n) is 8.08. The van der Waals surface area contributed by atoms with Crippen LogP contribution in [0, 0.1) is 13.8 Å². The number of aryl methyl sites for hydroxylation is 2. The van der Waals surface area contributed by atoms with Crippen LogP contribution < -0.4 is 10.1 Å². The Morgan fingerprint density at radius 3 is 2.64 bits per heavy atom. The van der Waals surface area contributed by atoms with Gasteiger partial charge in [-0.1, -0.05) is 5.16 Å². The van der Waals surface area contributed by atoms with Crippen LogP contribution in [0.15, 0.2) is 51.6 Å². The van der Waals surface area contributed by atoms with Gasteiger partial charge in [-0.25, -0.2) is 0 Å². The zero-order valence-corrected chi connectivity index (χ0v) is 14.2. The van der Waals surface area contributed by atoms with Gasteiger partial charge in [0.05, 0.1) is 17.5 Å². The molecule has 0 aliphatic heterocycles. The van der Waals surface area contributed by atoms with Crippen molar-refractivity contribution in [3.63, 3.8) is 0 Å². The lowest BCUT2D eigenvalue weighted by Crippen LogP contribution is -2.25. The zero-order chi connectivity index (χ0) is 17.6. The smallest absolute Gasteiger partial charge is 0.251 e. The van der Waals surface area contributed by atoms with E-state index in [9.17, 15) is 4.79 Å². The highest BCUT2D eigenvalue weighted by atomic mass is 16.5. The van der Waals surface area contributed by atoms with Crippen molar-refractivity contribution in [1.82, 2.24) is 10.5 Å². The zero-order valence-electron chi connectivity index (χ0n) is 14.2. The third-order valence-corrected chi connectivity index (χ3v) is 3.92. The van der Waals surface area contributed by atoms with Crippen molar-refractivity contribution >= 4 is 5.91 Å². The second-order valence-corrected chi connectivity index (χ2v) is 5.70. The van der Waals surface area contributed by atoms with Crippen molar-refractivity contribution in [2.24, 2.45) is 0 Å². The Bertz CT molecular complexity index is 800. The topological polar surface area (TPSA) is 77.5 Å². The van der Waals surface area contributed by atoms with Crippen LogP contribution >= 0.6 is 0 Å². The number of amides is 1. The minimum Gasteiger partial charge on any atom is -0.489 e. The monoisotopic (exact) mass is 340 g/mol. The molecule has 0 saturated carbocycles. The van der Waals surface area contributed by atoms with Crippen molar-refractivity contribution in [2.45, 2.75) is 26.9 Å². The molecule has 0 unspecified atom stereocenters. The second kappa shape index (κ2) is 7.70. The quantitative estimate of drug-likeness (QED) is 0.713. The van der Waals surface area contributed by atoms with Crippen molar-refractivity contribution in [2.75, 3.05) is 6.54 Å². The van der Waals surface area contributed by atoms with E-state index in [1.54, 1.807) is 30.5 Å². The number of nitrogens with one attached hydrogen (secondary N) is 1. The fourth-order valence-corrected chi connectivity index (χ4v) is 2.42. The third-order valence-electron chi connectivity index (χ3n) is 3.92. The molecular weight excluding hydrogens is 320 g/mol. The maximum atomic E-state index is 12.1. The van der Waals surface area contributed by atoms with Crippen LogP contribution in [0.25, 0.3) is 0 Å². The summed E-state index contributed by atoms with van der Waals surface area (Å²) in [6, 6.07) is 10.8. The SMILES string of the molecule is Cc1noc(C)c1COc1ccc(C(=O)NCCc2ccco2)cc1. The lowest BCUT2D eigenvalue weighted by molar-refractivity contribution is 0.0953. The number of aromatic nitrogens is 1. The summed E-state index contributed by atoms with van der Waals surface area (Å²) in [5, 5.41) is 6.76. The maximum absolute atomic E-state index is 12.1. The van der Waals surface area contributed by atoms with Gasteiger partial charge in [0.25, 0.3) is 5.91 Å². The van der Waals surface area contributed by atoms with Gasteiger partial charge in [0.1, 0.15) is 23.9 Å². The Labute approximate surface area is 145 Å². The molecule has 0 spiro atoms. The van der Waals surface area contributed by atoms with Gasteiger partial charge in [-0.05, 0) is 50.2 Å². The van der Waals surface area contributed by atoms with Gasteiger partial charge in [-0.15, -0.1) is 0 Å². The molecule has 0 fully saturated rings. The molecular formula is C19H20N2O4. The predicted octanol–water partition coefficient (Wildman–Crippen LogP) is 3.44. The van der Waals surface area contributed by atoms with Crippen LogP contribution in [0.1, 0.15) is 33.1 Å². The minimum absolute atomic E-state index is 0.121. The normalized spacial score (nSPS) is 10.6. The van der Waals surface area contributed by atoms with Crippen LogP contribution in [-0.2, 0) is 13.0 Å². The summed E-state index contributed by atoms with van der Waals surface area (Å²) in [7, 11) is 0. The van der Waals surface area contributed by atoms with Crippen molar-refractivity contribution < 1.29 is 18.5 Å². The van der Waals surface area contributed by atoms with Gasteiger partial charge >= 0.3 is 0 Å². The molecule has 3 rings (SSSR count). The van der Waals surface area contributed by atoms with Gasteiger partial charge in [0.15, 0.2) is 0 Å². The maximum Gasteiger partial charge on any atom is 0.251 e. The summed E-state index contributed by atoms with van der Waals surface area (Å²) >= 11 is 0. The highest BCUT2D eigenvalue weighted by Crippen LogP contribution is 2.18. The molecule has 0 radical (unpaired) electrons. The number of ether oxygens (including phenoxy) is 1. The van der Waals surface area contributed by atoms with E-state index < -0.39 is 0 Å². The predicted molar refractivity (Wildman–Crippen MR) is 91.5 cm³/mol. The summed E-state index contributed by atoms with van der Waals surface area (Å²) in [4.78, 5) is 12.1. The van der Waals surface area contributed by atoms with E-state index in [-0.39, 0.29) is 5.91 Å². The first-order chi connectivity index (χ1) is 12.1. The van der Waals surface area contributed by atoms with E-state index >= 15 is 0 Å². The third kappa shape index (κ3) is 4.29. The largest absolute Gasteiger partial charge is 0.489 e. The van der Waals surface area contributed by atoms with Crippen molar-refractivity contribution in [3.05, 3.63) is 71.0 Å². The summed E-state index contributed by atoms with van der Waals surface area (Å²) < 4.78 is 16.1. The molecule has 1 N–H and O–H groups in total. The molecule has 0 aliphatic carbocycles. The van der Waals surface area contributed by atoms with Gasteiger partial charge in [0, 0.05) is 18.5 Å². The molecule has 1 aromatic carbocycles. The van der Waals surface area contributed by atoms with E-state index in [0.717, 1.165) is 22.8 Å². The Morgan fingerprint density at radius 2 is 2.00 bits per heavy atom. The van der Waals surface area contributed by atoms with Gasteiger partial charge in [-0.2, -0.15) is 0 Å². The Balaban J connectivity index is 1.50. The average molecular weight is 340 g/mol. The fourth-order valence-electron chi connectivity index (χ4n) is 2.42. The molecule has 1 amide bonds. The number of carbonyl (C=O) groups excluding carboxylic acids is 1. The molecule has 25 heavy (non-hydrogen) atoms. The van der Waals surface area contributed by atoms with Crippen LogP contribution in [-0.4, -0.2) is 17.6 Å². The van der Waals surface area contributed by atoms with Gasteiger partial charge < -0.3 is 19.0 Å². The first kappa shape index (κ1) is 16.8. The number of furan rings is 1. The van der Waals surface area contributed by atoms with E-state index in [1.807, 2.05) is 26.0 Å². The molecule has 0 bridgehead atoms. The van der Waals surface area contributed by atoms with Gasteiger partial charge in [0.2, 0.25) is 0 Å². The Morgan fingerprint density at radius 1 is 1.20 bits per heavy atom. The highest BCUT2D eigenvalue weighted by Gasteiger charge is 2.10. The van der Waals surface area contributed by atoms with E-state index in [2.05, 4.69) is 10.5 Å². The summed E-state index contributed by atoms with van der Waals surface area (Å²) in [5.74, 6) is 2.17.